The first-order valence-corrected chi connectivity index (χ1v) is 7.12. The quantitative estimate of drug-likeness (QED) is 0.574. The fourth-order valence-electron chi connectivity index (χ4n) is 1.94. The van der Waals surface area contributed by atoms with E-state index < -0.39 is 5.54 Å². The molecule has 0 saturated heterocycles. The maximum absolute atomic E-state index is 9.76. The lowest BCUT2D eigenvalue weighted by atomic mass is 9.92. The number of halogens is 1. The molecule has 0 amide bonds. The highest BCUT2D eigenvalue weighted by atomic mass is 127. The second-order valence-electron chi connectivity index (χ2n) is 4.72. The number of nitrogen functional groups attached to an aromatic ring is 1. The Balaban J connectivity index is 2.33. The van der Waals surface area contributed by atoms with Crippen molar-refractivity contribution in [1.29, 1.82) is 0 Å². The Bertz CT molecular complexity index is 559. The summed E-state index contributed by atoms with van der Waals surface area (Å²) < 4.78 is 1.04. The zero-order valence-corrected chi connectivity index (χ0v) is 12.9. The van der Waals surface area contributed by atoms with Crippen LogP contribution >= 0.6 is 22.6 Å². The van der Waals surface area contributed by atoms with Crippen LogP contribution in [0.4, 0.5) is 11.4 Å². The fourth-order valence-corrected chi connectivity index (χ4v) is 2.61. The largest absolute Gasteiger partial charge is 0.399 e. The third-order valence-electron chi connectivity index (χ3n) is 3.13. The topological polar surface area (TPSA) is 58.3 Å². The van der Waals surface area contributed by atoms with Crippen molar-refractivity contribution in [2.24, 2.45) is 0 Å². The molecule has 0 heterocycles. The minimum absolute atomic E-state index is 0.0114. The zero-order valence-electron chi connectivity index (χ0n) is 10.7. The van der Waals surface area contributed by atoms with Crippen LogP contribution in [0, 0.1) is 3.57 Å². The van der Waals surface area contributed by atoms with Crippen LogP contribution in [0.15, 0.2) is 48.5 Å². The van der Waals surface area contributed by atoms with Crippen molar-refractivity contribution in [3.05, 3.63) is 57.7 Å². The van der Waals surface area contributed by atoms with Gasteiger partial charge in [0.15, 0.2) is 0 Å². The molecule has 1 unspecified atom stereocenters. The maximum Gasteiger partial charge on any atom is 0.0828 e. The highest BCUT2D eigenvalue weighted by molar-refractivity contribution is 14.1. The van der Waals surface area contributed by atoms with Gasteiger partial charge in [0.05, 0.1) is 12.1 Å². The zero-order chi connectivity index (χ0) is 13.9. The number of nitrogens with two attached hydrogens (primary N) is 1. The SMILES string of the molecule is CC(CO)(Nc1ccc(N)cc1I)c1ccccc1. The lowest BCUT2D eigenvalue weighted by Crippen LogP contribution is -2.36. The first-order chi connectivity index (χ1) is 9.05. The Morgan fingerprint density at radius 2 is 1.89 bits per heavy atom. The van der Waals surface area contributed by atoms with Crippen LogP contribution in [0.25, 0.3) is 0 Å². The molecule has 4 N–H and O–H groups in total. The number of nitrogens with one attached hydrogen (secondary N) is 1. The molecular formula is C15H17IN2O. The highest BCUT2D eigenvalue weighted by Gasteiger charge is 2.25. The standard InChI is InChI=1S/C15H17IN2O/c1-15(10-19,11-5-3-2-4-6-11)18-14-8-7-12(17)9-13(14)16/h2-9,18-19H,10,17H2,1H3. The van der Waals surface area contributed by atoms with Crippen LogP contribution in [-0.2, 0) is 5.54 Å². The molecule has 3 nitrogen and oxygen atoms in total. The molecule has 2 rings (SSSR count). The minimum atomic E-state index is -0.517. The van der Waals surface area contributed by atoms with Crippen LogP contribution in [0.2, 0.25) is 0 Å². The van der Waals surface area contributed by atoms with Gasteiger partial charge in [0, 0.05) is 14.9 Å². The van der Waals surface area contributed by atoms with Gasteiger partial charge >= 0.3 is 0 Å². The predicted molar refractivity (Wildman–Crippen MR) is 88.1 cm³/mol. The molecule has 0 radical (unpaired) electrons. The average molecular weight is 368 g/mol. The van der Waals surface area contributed by atoms with E-state index in [0.717, 1.165) is 20.5 Å². The molecule has 19 heavy (non-hydrogen) atoms. The van der Waals surface area contributed by atoms with Crippen LogP contribution in [-0.4, -0.2) is 11.7 Å². The molecule has 4 heteroatoms. The third kappa shape index (κ3) is 3.19. The lowest BCUT2D eigenvalue weighted by molar-refractivity contribution is 0.224. The molecule has 0 aromatic heterocycles. The number of benzene rings is 2. The van der Waals surface area contributed by atoms with E-state index in [2.05, 4.69) is 27.9 Å². The Kier molecular flexibility index (Phi) is 4.31. The number of hydrogen-bond acceptors (Lipinski definition) is 3. The smallest absolute Gasteiger partial charge is 0.0828 e. The third-order valence-corrected chi connectivity index (χ3v) is 4.02. The minimum Gasteiger partial charge on any atom is -0.399 e. The van der Waals surface area contributed by atoms with Crippen molar-refractivity contribution in [3.8, 4) is 0 Å². The van der Waals surface area contributed by atoms with Crippen LogP contribution < -0.4 is 11.1 Å². The predicted octanol–water partition coefficient (Wildman–Crippen LogP) is 3.19. The number of aliphatic hydroxyl groups excluding tert-OH is 1. The van der Waals surface area contributed by atoms with Crippen LogP contribution in [0.1, 0.15) is 12.5 Å². The molecule has 0 aliphatic rings. The molecular weight excluding hydrogens is 351 g/mol. The first-order valence-electron chi connectivity index (χ1n) is 6.05. The molecule has 2 aromatic rings. The summed E-state index contributed by atoms with van der Waals surface area (Å²) in [6.07, 6.45) is 0. The van der Waals surface area contributed by atoms with Gasteiger partial charge in [-0.1, -0.05) is 30.3 Å². The molecule has 100 valence electrons. The summed E-state index contributed by atoms with van der Waals surface area (Å²) in [5.41, 5.74) is 7.99. The fraction of sp³-hybridized carbons (Fsp3) is 0.200. The Labute approximate surface area is 127 Å². The van der Waals surface area contributed by atoms with Crippen molar-refractivity contribution in [2.75, 3.05) is 17.7 Å². The second-order valence-corrected chi connectivity index (χ2v) is 5.88. The van der Waals surface area contributed by atoms with Gasteiger partial charge in [-0.2, -0.15) is 0 Å². The van der Waals surface area contributed by atoms with E-state index in [0.29, 0.717) is 0 Å². The van der Waals surface area contributed by atoms with E-state index >= 15 is 0 Å². The van der Waals surface area contributed by atoms with Gasteiger partial charge in [-0.3, -0.25) is 0 Å². The van der Waals surface area contributed by atoms with Crippen LogP contribution in [0.3, 0.4) is 0 Å². The molecule has 0 aliphatic heterocycles. The normalized spacial score (nSPS) is 13.8. The Hall–Kier alpha value is -1.27. The maximum atomic E-state index is 9.76. The van der Waals surface area contributed by atoms with Crippen LogP contribution in [0.5, 0.6) is 0 Å². The number of anilines is 2. The van der Waals surface area contributed by atoms with Gasteiger partial charge in [-0.25, -0.2) is 0 Å². The van der Waals surface area contributed by atoms with Crippen molar-refractivity contribution in [1.82, 2.24) is 0 Å². The summed E-state index contributed by atoms with van der Waals surface area (Å²) >= 11 is 2.24. The molecule has 0 saturated carbocycles. The summed E-state index contributed by atoms with van der Waals surface area (Å²) in [5.74, 6) is 0. The van der Waals surface area contributed by atoms with Crippen molar-refractivity contribution in [2.45, 2.75) is 12.5 Å². The second kappa shape index (κ2) is 5.79. The van der Waals surface area contributed by atoms with Gasteiger partial charge in [-0.15, -0.1) is 0 Å². The Morgan fingerprint density at radius 1 is 1.21 bits per heavy atom. The van der Waals surface area contributed by atoms with E-state index in [1.54, 1.807) is 0 Å². The van der Waals surface area contributed by atoms with Gasteiger partial charge in [-0.05, 0) is 53.3 Å². The number of rotatable bonds is 4. The van der Waals surface area contributed by atoms with Crippen molar-refractivity contribution in [3.63, 3.8) is 0 Å². The van der Waals surface area contributed by atoms with E-state index in [1.165, 1.54) is 0 Å². The Morgan fingerprint density at radius 3 is 2.47 bits per heavy atom. The van der Waals surface area contributed by atoms with E-state index in [9.17, 15) is 5.11 Å². The molecule has 1 atom stereocenters. The number of hydrogen-bond donors (Lipinski definition) is 3. The van der Waals surface area contributed by atoms with Gasteiger partial charge in [0.25, 0.3) is 0 Å². The van der Waals surface area contributed by atoms with E-state index in [4.69, 9.17) is 5.73 Å². The lowest BCUT2D eigenvalue weighted by Gasteiger charge is -2.31. The monoisotopic (exact) mass is 368 g/mol. The van der Waals surface area contributed by atoms with Gasteiger partial charge in [0.2, 0.25) is 0 Å². The molecule has 0 spiro atoms. The van der Waals surface area contributed by atoms with Crippen molar-refractivity contribution >= 4 is 34.0 Å². The summed E-state index contributed by atoms with van der Waals surface area (Å²) in [4.78, 5) is 0. The number of aliphatic hydroxyl groups is 1. The summed E-state index contributed by atoms with van der Waals surface area (Å²) in [6.45, 7) is 1.99. The van der Waals surface area contributed by atoms with Crippen molar-refractivity contribution < 1.29 is 5.11 Å². The highest BCUT2D eigenvalue weighted by Crippen LogP contribution is 2.29. The van der Waals surface area contributed by atoms with E-state index in [1.807, 2.05) is 55.5 Å². The summed E-state index contributed by atoms with van der Waals surface area (Å²) in [5, 5.41) is 13.2. The molecule has 0 bridgehead atoms. The van der Waals surface area contributed by atoms with Gasteiger partial charge < -0.3 is 16.2 Å². The average Bonchev–Trinajstić information content (AvgIpc) is 2.43. The molecule has 2 aromatic carbocycles. The first kappa shape index (κ1) is 14.1. The van der Waals surface area contributed by atoms with E-state index in [-0.39, 0.29) is 6.61 Å². The van der Waals surface area contributed by atoms with Gasteiger partial charge in [0.1, 0.15) is 0 Å². The summed E-state index contributed by atoms with van der Waals surface area (Å²) in [6, 6.07) is 15.6. The molecule has 0 aliphatic carbocycles. The summed E-state index contributed by atoms with van der Waals surface area (Å²) in [7, 11) is 0. The molecule has 0 fully saturated rings.